The van der Waals surface area contributed by atoms with Crippen molar-refractivity contribution in [3.63, 3.8) is 0 Å². The predicted molar refractivity (Wildman–Crippen MR) is 90.3 cm³/mol. The summed E-state index contributed by atoms with van der Waals surface area (Å²) in [6.07, 6.45) is 0.400. The summed E-state index contributed by atoms with van der Waals surface area (Å²) in [4.78, 5) is 19.1. The van der Waals surface area contributed by atoms with E-state index in [2.05, 4.69) is 15.6 Å². The zero-order chi connectivity index (χ0) is 15.8. The van der Waals surface area contributed by atoms with Crippen molar-refractivity contribution in [3.8, 4) is 0 Å². The summed E-state index contributed by atoms with van der Waals surface area (Å²) >= 11 is 5.89. The highest BCUT2D eigenvalue weighted by atomic mass is 35.5. The van der Waals surface area contributed by atoms with E-state index in [9.17, 15) is 4.79 Å². The van der Waals surface area contributed by atoms with Crippen molar-refractivity contribution in [2.45, 2.75) is 19.5 Å². The lowest BCUT2D eigenvalue weighted by Gasteiger charge is -2.28. The first-order chi connectivity index (χ1) is 11.2. The van der Waals surface area contributed by atoms with E-state index in [4.69, 9.17) is 11.6 Å². The lowest BCUT2D eigenvalue weighted by atomic mass is 10.1. The summed E-state index contributed by atoms with van der Waals surface area (Å²) in [5.74, 6) is 1.09. The van der Waals surface area contributed by atoms with Crippen LogP contribution in [0.1, 0.15) is 11.4 Å². The second-order valence-corrected chi connectivity index (χ2v) is 6.22. The number of halogens is 1. The predicted octanol–water partition coefficient (Wildman–Crippen LogP) is 3.27. The maximum absolute atomic E-state index is 12.5. The molecule has 0 bridgehead atoms. The van der Waals surface area contributed by atoms with E-state index in [1.54, 1.807) is 0 Å². The minimum Gasteiger partial charge on any atom is -0.333 e. The number of hydrogen-bond donors (Lipinski definition) is 0. The molecule has 116 valence electrons. The van der Waals surface area contributed by atoms with Gasteiger partial charge >= 0.3 is 0 Å². The van der Waals surface area contributed by atoms with Crippen molar-refractivity contribution >= 4 is 28.5 Å². The van der Waals surface area contributed by atoms with E-state index >= 15 is 0 Å². The molecule has 1 amide bonds. The maximum Gasteiger partial charge on any atom is 0.227 e. The Balaban J connectivity index is 1.53. The topological polar surface area (TPSA) is 38.1 Å². The van der Waals surface area contributed by atoms with E-state index in [-0.39, 0.29) is 5.91 Å². The van der Waals surface area contributed by atoms with E-state index in [1.165, 1.54) is 0 Å². The van der Waals surface area contributed by atoms with Crippen LogP contribution in [0, 0.1) is 0 Å². The molecule has 0 saturated heterocycles. The summed E-state index contributed by atoms with van der Waals surface area (Å²) < 4.78 is 2.21. The molecule has 1 aliphatic rings. The van der Waals surface area contributed by atoms with Gasteiger partial charge in [0.05, 0.1) is 24.0 Å². The average molecular weight is 326 g/mol. The Labute approximate surface area is 139 Å². The normalized spacial score (nSPS) is 14.0. The number of rotatable bonds is 2. The Hall–Kier alpha value is -2.33. The molecule has 0 unspecified atom stereocenters. The van der Waals surface area contributed by atoms with Gasteiger partial charge in [-0.25, -0.2) is 4.98 Å². The quantitative estimate of drug-likeness (QED) is 0.725. The number of imidazole rings is 1. The molecule has 0 spiro atoms. The fourth-order valence-electron chi connectivity index (χ4n) is 3.07. The minimum absolute atomic E-state index is 0.130. The molecule has 0 saturated carbocycles. The SMILES string of the molecule is O=C(Cc1ccc(Cl)cc1)N1CCn2c(nc3ccccc32)C1. The third-order valence-electron chi connectivity index (χ3n) is 4.28. The van der Waals surface area contributed by atoms with E-state index in [0.29, 0.717) is 18.0 Å². The summed E-state index contributed by atoms with van der Waals surface area (Å²) in [6, 6.07) is 15.6. The van der Waals surface area contributed by atoms with Crippen LogP contribution in [0.15, 0.2) is 48.5 Å². The van der Waals surface area contributed by atoms with Gasteiger partial charge in [-0.1, -0.05) is 35.9 Å². The van der Waals surface area contributed by atoms with E-state index in [0.717, 1.165) is 35.5 Å². The van der Waals surface area contributed by atoms with Gasteiger partial charge in [0.15, 0.2) is 0 Å². The van der Waals surface area contributed by atoms with Crippen molar-refractivity contribution in [2.24, 2.45) is 0 Å². The smallest absolute Gasteiger partial charge is 0.227 e. The van der Waals surface area contributed by atoms with Crippen molar-refractivity contribution in [3.05, 3.63) is 64.9 Å². The Kier molecular flexibility index (Phi) is 3.54. The highest BCUT2D eigenvalue weighted by Gasteiger charge is 2.23. The maximum atomic E-state index is 12.5. The molecule has 2 aromatic carbocycles. The molecular weight excluding hydrogens is 310 g/mol. The summed E-state index contributed by atoms with van der Waals surface area (Å²) in [5, 5.41) is 0.688. The molecule has 0 N–H and O–H groups in total. The highest BCUT2D eigenvalue weighted by Crippen LogP contribution is 2.21. The van der Waals surface area contributed by atoms with Crippen molar-refractivity contribution in [2.75, 3.05) is 6.54 Å². The Morgan fingerprint density at radius 3 is 2.70 bits per heavy atom. The van der Waals surface area contributed by atoms with Crippen LogP contribution in [0.25, 0.3) is 11.0 Å². The third kappa shape index (κ3) is 2.70. The lowest BCUT2D eigenvalue weighted by molar-refractivity contribution is -0.131. The molecule has 23 heavy (non-hydrogen) atoms. The Bertz CT molecular complexity index is 870. The number of benzene rings is 2. The van der Waals surface area contributed by atoms with Crippen molar-refractivity contribution in [1.82, 2.24) is 14.5 Å². The van der Waals surface area contributed by atoms with Gasteiger partial charge in [0.25, 0.3) is 0 Å². The zero-order valence-corrected chi connectivity index (χ0v) is 13.3. The molecule has 5 heteroatoms. The monoisotopic (exact) mass is 325 g/mol. The zero-order valence-electron chi connectivity index (χ0n) is 12.6. The van der Waals surface area contributed by atoms with Crippen LogP contribution in [-0.4, -0.2) is 26.9 Å². The molecule has 0 radical (unpaired) electrons. The number of fused-ring (bicyclic) bond motifs is 3. The van der Waals surface area contributed by atoms with Crippen LogP contribution in [0.3, 0.4) is 0 Å². The largest absolute Gasteiger partial charge is 0.333 e. The van der Waals surface area contributed by atoms with Crippen LogP contribution in [0.4, 0.5) is 0 Å². The molecule has 1 aliphatic heterocycles. The van der Waals surface area contributed by atoms with Gasteiger partial charge in [-0.15, -0.1) is 0 Å². The number of carbonyl (C=O) groups excluding carboxylic acids is 1. The number of nitrogens with zero attached hydrogens (tertiary/aromatic N) is 3. The first-order valence-corrected chi connectivity index (χ1v) is 8.05. The molecule has 4 nitrogen and oxygen atoms in total. The van der Waals surface area contributed by atoms with Gasteiger partial charge in [0.2, 0.25) is 5.91 Å². The second kappa shape index (κ2) is 5.70. The van der Waals surface area contributed by atoms with Crippen LogP contribution in [0.2, 0.25) is 5.02 Å². The fourth-order valence-corrected chi connectivity index (χ4v) is 3.19. The molecule has 3 aromatic rings. The van der Waals surface area contributed by atoms with E-state index < -0.39 is 0 Å². The number of aromatic nitrogens is 2. The minimum atomic E-state index is 0.130. The number of hydrogen-bond acceptors (Lipinski definition) is 2. The van der Waals surface area contributed by atoms with Crippen LogP contribution < -0.4 is 0 Å². The summed E-state index contributed by atoms with van der Waals surface area (Å²) in [5.41, 5.74) is 3.13. The van der Waals surface area contributed by atoms with Gasteiger partial charge in [-0.2, -0.15) is 0 Å². The average Bonchev–Trinajstić information content (AvgIpc) is 2.94. The Morgan fingerprint density at radius 2 is 1.87 bits per heavy atom. The summed E-state index contributed by atoms with van der Waals surface area (Å²) in [7, 11) is 0. The van der Waals surface area contributed by atoms with Crippen molar-refractivity contribution in [1.29, 1.82) is 0 Å². The standard InChI is InChI=1S/C18H16ClN3O/c19-14-7-5-13(6-8-14)11-18(23)21-9-10-22-16-4-2-1-3-15(16)20-17(22)12-21/h1-8H,9-12H2. The van der Waals surface area contributed by atoms with Crippen molar-refractivity contribution < 1.29 is 4.79 Å². The fraction of sp³-hybridized carbons (Fsp3) is 0.222. The molecular formula is C18H16ClN3O. The molecule has 0 fully saturated rings. The van der Waals surface area contributed by atoms with Gasteiger partial charge in [-0.3, -0.25) is 4.79 Å². The van der Waals surface area contributed by atoms with Crippen LogP contribution in [-0.2, 0) is 24.3 Å². The Morgan fingerprint density at radius 1 is 1.09 bits per heavy atom. The molecule has 4 rings (SSSR count). The number of carbonyl (C=O) groups is 1. The molecule has 0 aliphatic carbocycles. The molecule has 0 atom stereocenters. The highest BCUT2D eigenvalue weighted by molar-refractivity contribution is 6.30. The van der Waals surface area contributed by atoms with Gasteiger partial charge < -0.3 is 9.47 Å². The molecule has 1 aromatic heterocycles. The number of amides is 1. The number of para-hydroxylation sites is 2. The van der Waals surface area contributed by atoms with E-state index in [1.807, 2.05) is 47.4 Å². The second-order valence-electron chi connectivity index (χ2n) is 5.79. The lowest BCUT2D eigenvalue weighted by Crippen LogP contribution is -2.39. The third-order valence-corrected chi connectivity index (χ3v) is 4.53. The van der Waals surface area contributed by atoms with Gasteiger partial charge in [-0.05, 0) is 29.8 Å². The van der Waals surface area contributed by atoms with Gasteiger partial charge in [0, 0.05) is 18.1 Å². The van der Waals surface area contributed by atoms with Gasteiger partial charge in [0.1, 0.15) is 5.82 Å². The molecule has 2 heterocycles. The van der Waals surface area contributed by atoms with Crippen LogP contribution in [0.5, 0.6) is 0 Å². The van der Waals surface area contributed by atoms with Crippen LogP contribution >= 0.6 is 11.6 Å². The first kappa shape index (κ1) is 14.3. The summed E-state index contributed by atoms with van der Waals surface area (Å²) in [6.45, 7) is 2.09. The first-order valence-electron chi connectivity index (χ1n) is 7.67.